The number of hydrogen-bond acceptors (Lipinski definition) is 5. The zero-order valence-electron chi connectivity index (χ0n) is 17.7. The number of furan rings is 1. The Balaban J connectivity index is 1.44. The highest BCUT2D eigenvalue weighted by atomic mass is 16.3. The van der Waals surface area contributed by atoms with Gasteiger partial charge in [-0.1, -0.05) is 18.2 Å². The number of nitrogens with two attached hydrogens (primary N) is 1. The molecule has 0 aliphatic carbocycles. The van der Waals surface area contributed by atoms with Gasteiger partial charge in [0.1, 0.15) is 17.2 Å². The molecule has 1 atom stereocenters. The molecule has 1 aliphatic rings. The molecule has 2 amide bonds. The van der Waals surface area contributed by atoms with Crippen molar-refractivity contribution >= 4 is 34.7 Å². The molecule has 1 unspecified atom stereocenters. The van der Waals surface area contributed by atoms with Crippen molar-refractivity contribution in [3.8, 4) is 0 Å². The normalized spacial score (nSPS) is 15.8. The van der Waals surface area contributed by atoms with Crippen LogP contribution in [0, 0.1) is 12.8 Å². The van der Waals surface area contributed by atoms with Crippen LogP contribution in [0.5, 0.6) is 0 Å². The molecule has 31 heavy (non-hydrogen) atoms. The van der Waals surface area contributed by atoms with E-state index in [2.05, 4.69) is 10.3 Å². The first-order chi connectivity index (χ1) is 15.0. The summed E-state index contributed by atoms with van der Waals surface area (Å²) in [6.45, 7) is 2.86. The number of fused-ring (bicyclic) bond motifs is 2. The lowest BCUT2D eigenvalue weighted by Crippen LogP contribution is -2.32. The molecule has 1 aliphatic heterocycles. The molecule has 0 radical (unpaired) electrons. The zero-order chi connectivity index (χ0) is 22.0. The minimum Gasteiger partial charge on any atom is -0.459 e. The second-order valence-corrected chi connectivity index (χ2v) is 7.92. The number of rotatable bonds is 6. The van der Waals surface area contributed by atoms with Crippen LogP contribution in [0.25, 0.3) is 17.0 Å². The summed E-state index contributed by atoms with van der Waals surface area (Å²) < 4.78 is 5.91. The molecule has 3 aromatic rings. The van der Waals surface area contributed by atoms with E-state index in [1.807, 2.05) is 37.3 Å². The third-order valence-corrected chi connectivity index (χ3v) is 5.70. The van der Waals surface area contributed by atoms with Crippen LogP contribution in [0.2, 0.25) is 0 Å². The molecule has 0 spiro atoms. The van der Waals surface area contributed by atoms with E-state index in [1.54, 1.807) is 24.2 Å². The first-order valence-electron chi connectivity index (χ1n) is 10.4. The van der Waals surface area contributed by atoms with Gasteiger partial charge in [0.25, 0.3) is 0 Å². The van der Waals surface area contributed by atoms with Gasteiger partial charge in [0.2, 0.25) is 11.8 Å². The number of nitrogens with zero attached hydrogens (tertiary/aromatic N) is 2. The molecule has 7 nitrogen and oxygen atoms in total. The molecule has 0 bridgehead atoms. The van der Waals surface area contributed by atoms with Gasteiger partial charge in [0.15, 0.2) is 0 Å². The quantitative estimate of drug-likeness (QED) is 0.598. The highest BCUT2D eigenvalue weighted by molar-refractivity contribution is 5.95. The maximum Gasteiger partial charge on any atom is 0.246 e. The van der Waals surface area contributed by atoms with Crippen molar-refractivity contribution in [3.63, 3.8) is 0 Å². The van der Waals surface area contributed by atoms with Gasteiger partial charge in [-0.3, -0.25) is 9.59 Å². The maximum absolute atomic E-state index is 12.6. The van der Waals surface area contributed by atoms with Crippen LogP contribution in [-0.4, -0.2) is 35.3 Å². The van der Waals surface area contributed by atoms with Crippen molar-refractivity contribution in [1.82, 2.24) is 9.88 Å². The van der Waals surface area contributed by atoms with Crippen LogP contribution >= 0.6 is 0 Å². The first kappa shape index (κ1) is 20.8. The summed E-state index contributed by atoms with van der Waals surface area (Å²) in [6.07, 6.45) is 6.16. The summed E-state index contributed by atoms with van der Waals surface area (Å²) >= 11 is 0. The Labute approximate surface area is 180 Å². The average Bonchev–Trinajstić information content (AvgIpc) is 3.08. The fourth-order valence-electron chi connectivity index (χ4n) is 3.86. The number of benzene rings is 1. The molecule has 0 fully saturated rings. The number of pyridine rings is 1. The van der Waals surface area contributed by atoms with E-state index in [-0.39, 0.29) is 17.7 Å². The lowest BCUT2D eigenvalue weighted by Gasteiger charge is -2.23. The molecule has 3 N–H and O–H groups in total. The first-order valence-corrected chi connectivity index (χ1v) is 10.4. The third kappa shape index (κ3) is 4.36. The van der Waals surface area contributed by atoms with E-state index < -0.39 is 0 Å². The van der Waals surface area contributed by atoms with Gasteiger partial charge in [-0.2, -0.15) is 0 Å². The van der Waals surface area contributed by atoms with Crippen molar-refractivity contribution in [3.05, 3.63) is 65.1 Å². The number of carbonyl (C=O) groups excluding carboxylic acids is 2. The highest BCUT2D eigenvalue weighted by Crippen LogP contribution is 2.27. The Morgan fingerprint density at radius 1 is 1.39 bits per heavy atom. The lowest BCUT2D eigenvalue weighted by molar-refractivity contribution is -0.125. The molecule has 1 aromatic carbocycles. The summed E-state index contributed by atoms with van der Waals surface area (Å²) in [7, 11) is 1.75. The van der Waals surface area contributed by atoms with Gasteiger partial charge in [-0.05, 0) is 55.6 Å². The number of anilines is 1. The largest absolute Gasteiger partial charge is 0.459 e. The Morgan fingerprint density at radius 3 is 2.97 bits per heavy atom. The Kier molecular flexibility index (Phi) is 5.86. The zero-order valence-corrected chi connectivity index (χ0v) is 17.7. The molecular weight excluding hydrogens is 392 g/mol. The van der Waals surface area contributed by atoms with Gasteiger partial charge >= 0.3 is 0 Å². The molecule has 2 aromatic heterocycles. The van der Waals surface area contributed by atoms with Crippen LogP contribution in [0.3, 0.4) is 0 Å². The summed E-state index contributed by atoms with van der Waals surface area (Å²) in [4.78, 5) is 30.6. The van der Waals surface area contributed by atoms with Crippen LogP contribution in [0.4, 0.5) is 5.82 Å². The number of amides is 2. The van der Waals surface area contributed by atoms with E-state index in [4.69, 9.17) is 10.2 Å². The standard InChI is InChI=1S/C24H26N4O3/c1-15-19-5-3-4-6-20(19)31-21(15)14-28(2)22(29)8-7-16-11-18-12-17(9-10-25)24(30)27-23(18)26-13-16/h3-8,11,13,17H,9-10,12,14,25H2,1-2H3,(H,26,27,30). The molecule has 0 saturated carbocycles. The molecule has 0 saturated heterocycles. The summed E-state index contributed by atoms with van der Waals surface area (Å²) in [5.74, 6) is 1.05. The Bertz CT molecular complexity index is 1160. The van der Waals surface area contributed by atoms with Crippen molar-refractivity contribution in [2.24, 2.45) is 11.7 Å². The lowest BCUT2D eigenvalue weighted by atomic mass is 9.92. The topological polar surface area (TPSA) is 101 Å². The number of likely N-dealkylation sites (N-methyl/N-ethyl adjacent to an activating group) is 1. The number of hydrogen-bond donors (Lipinski definition) is 2. The SMILES string of the molecule is Cc1c(CN(C)C(=O)C=Cc2cnc3c(c2)CC(CCN)C(=O)N3)oc2ccccc12. The van der Waals surface area contributed by atoms with E-state index in [0.717, 1.165) is 33.4 Å². The Morgan fingerprint density at radius 2 is 2.19 bits per heavy atom. The van der Waals surface area contributed by atoms with E-state index >= 15 is 0 Å². The molecule has 3 heterocycles. The number of nitrogens with one attached hydrogen (secondary N) is 1. The van der Waals surface area contributed by atoms with Gasteiger partial charge in [0.05, 0.1) is 6.54 Å². The number of carbonyl (C=O) groups is 2. The van der Waals surface area contributed by atoms with Gasteiger partial charge < -0.3 is 20.4 Å². The van der Waals surface area contributed by atoms with Gasteiger partial charge in [0, 0.05) is 36.2 Å². The second kappa shape index (κ2) is 8.73. The summed E-state index contributed by atoms with van der Waals surface area (Å²) in [5.41, 5.74) is 9.25. The minimum atomic E-state index is -0.140. The van der Waals surface area contributed by atoms with E-state index in [9.17, 15) is 9.59 Å². The molecule has 4 rings (SSSR count). The fourth-order valence-corrected chi connectivity index (χ4v) is 3.86. The number of para-hydroxylation sites is 1. The summed E-state index contributed by atoms with van der Waals surface area (Å²) in [5, 5.41) is 3.90. The van der Waals surface area contributed by atoms with E-state index in [1.165, 1.54) is 6.08 Å². The second-order valence-electron chi connectivity index (χ2n) is 7.92. The van der Waals surface area contributed by atoms with Crippen molar-refractivity contribution < 1.29 is 14.0 Å². The van der Waals surface area contributed by atoms with Crippen molar-refractivity contribution in [2.75, 3.05) is 18.9 Å². The molecule has 7 heteroatoms. The fraction of sp³-hybridized carbons (Fsp3) is 0.292. The van der Waals surface area contributed by atoms with Crippen LogP contribution in [0.15, 0.2) is 47.0 Å². The maximum atomic E-state index is 12.6. The van der Waals surface area contributed by atoms with Crippen LogP contribution in [0.1, 0.15) is 28.9 Å². The van der Waals surface area contributed by atoms with E-state index in [0.29, 0.717) is 31.7 Å². The Hall–Kier alpha value is -3.45. The van der Waals surface area contributed by atoms with Gasteiger partial charge in [-0.15, -0.1) is 0 Å². The van der Waals surface area contributed by atoms with Crippen LogP contribution in [-0.2, 0) is 22.6 Å². The monoisotopic (exact) mass is 418 g/mol. The third-order valence-electron chi connectivity index (χ3n) is 5.70. The minimum absolute atomic E-state index is 0.0357. The average molecular weight is 418 g/mol. The van der Waals surface area contributed by atoms with Crippen LogP contribution < -0.4 is 11.1 Å². The molecule has 160 valence electrons. The number of aryl methyl sites for hydroxylation is 1. The predicted molar refractivity (Wildman–Crippen MR) is 120 cm³/mol. The predicted octanol–water partition coefficient (Wildman–Crippen LogP) is 3.27. The van der Waals surface area contributed by atoms with Crippen molar-refractivity contribution in [1.29, 1.82) is 0 Å². The smallest absolute Gasteiger partial charge is 0.246 e. The number of aromatic nitrogens is 1. The van der Waals surface area contributed by atoms with Gasteiger partial charge in [-0.25, -0.2) is 4.98 Å². The van der Waals surface area contributed by atoms with Crippen molar-refractivity contribution in [2.45, 2.75) is 26.3 Å². The molecular formula is C24H26N4O3. The summed E-state index contributed by atoms with van der Waals surface area (Å²) in [6, 6.07) is 9.81. The highest BCUT2D eigenvalue weighted by Gasteiger charge is 2.26.